The molecule has 4 fully saturated rings. The lowest BCUT2D eigenvalue weighted by atomic mass is 9.87. The largest absolute Gasteiger partial charge is 0.465 e. The number of esters is 9. The van der Waals surface area contributed by atoms with E-state index in [1.54, 1.807) is 35.2 Å². The van der Waals surface area contributed by atoms with Crippen LogP contribution in [0.2, 0.25) is 0 Å². The van der Waals surface area contributed by atoms with E-state index in [1.165, 1.54) is 67.6 Å². The Bertz CT molecular complexity index is 3260. The van der Waals surface area contributed by atoms with Crippen molar-refractivity contribution in [2.75, 3.05) is 40.0 Å². The number of ether oxygens (including phenoxy) is 15. The number of benzene rings is 3. The summed E-state index contributed by atoms with van der Waals surface area (Å²) in [4.78, 5) is 141. The van der Waals surface area contributed by atoms with Crippen LogP contribution >= 0.6 is 0 Å². The number of hydrogen-bond donors (Lipinski definition) is 5. The van der Waals surface area contributed by atoms with Gasteiger partial charge in [-0.25, -0.2) is 19.2 Å². The minimum absolute atomic E-state index is 0.00110. The smallest absolute Gasteiger partial charge is 0.366 e. The van der Waals surface area contributed by atoms with Gasteiger partial charge in [-0.15, -0.1) is 0 Å². The lowest BCUT2D eigenvalue weighted by Crippen LogP contribution is -2.72. The third-order valence-corrected chi connectivity index (χ3v) is 17.5. The van der Waals surface area contributed by atoms with E-state index in [2.05, 4.69) is 12.2 Å². The molecule has 20 atom stereocenters. The maximum absolute atomic E-state index is 15.5. The van der Waals surface area contributed by atoms with Gasteiger partial charge >= 0.3 is 53.7 Å². The Balaban J connectivity index is 1.53. The maximum atomic E-state index is 15.5. The van der Waals surface area contributed by atoms with Crippen molar-refractivity contribution in [3.8, 4) is 0 Å². The van der Waals surface area contributed by atoms with Crippen LogP contribution in [0.4, 0.5) is 0 Å². The SMILES string of the molecule is CCCCCCCCCCN1C[C@H](OC(C)=O)[C@@H](O[C@@H]2O[C@@H](C)[C@@H](O)[C@@H](O)[C@@H]2O)[C@H](O[C@@H]2O[C@H](COC(=O)c3ccccc3)[C@H](OC(=O)c3ccccc3)[C@H](O[C@]3(C(=O)OC)C[C@H](OC(C)=O)[C@@H](NC(C)=O)[C@H]([C@H](OC(C)=O)[C@@H](COC(C)=O)OC(C)=O)O3)[C@H]2OC(=O)c2ccccc2)[C@H]1CO. The highest BCUT2D eigenvalue weighted by atomic mass is 16.8. The highest BCUT2D eigenvalue weighted by Gasteiger charge is 2.65. The Kier molecular flexibility index (Phi) is 31.0. The summed E-state index contributed by atoms with van der Waals surface area (Å²) in [6.45, 7) is 6.82. The number of methoxy groups -OCH3 is 1. The van der Waals surface area contributed by atoms with E-state index >= 15 is 9.59 Å². The molecule has 4 aliphatic heterocycles. The standard InChI is InChI=1S/C71H94N2O29/c1-10-11-12-13-14-15-16-26-33-73-35-51(93-43(6)78)59(100-68-57(83)56(82)55(81)39(2)91-68)58(49(73)36-74)99-69-64(98-67(86)48-31-24-19-25-32-48)63(61(97-66(85)47-29-22-18-23-30-47)53(96-69)38-90-65(84)46-27-20-17-21-28-46)102-71(70(87)88-9)34-50(92-42(5)77)54(72-40(3)75)62(101-71)60(95-45(8)80)52(94-44(7)79)37-89-41(4)76/h17-25,27-32,39,49-64,68-69,74,81-83H,10-16,26,33-38H2,1-9H3,(H,72,75)/t39-,49+,50-,51-,52+,53+,54+,55+,56+,57-,58+,59+,60+,61-,62+,63-,64+,68-,69-,71-/m0/s1. The molecule has 4 heterocycles. The summed E-state index contributed by atoms with van der Waals surface area (Å²) in [5.74, 6) is -14.1. The molecule has 5 N–H and O–H groups in total. The Labute approximate surface area is 590 Å². The van der Waals surface area contributed by atoms with Crippen LogP contribution in [0.5, 0.6) is 0 Å². The van der Waals surface area contributed by atoms with E-state index in [-0.39, 0.29) is 29.8 Å². The van der Waals surface area contributed by atoms with Gasteiger partial charge in [0.15, 0.2) is 37.0 Å². The van der Waals surface area contributed by atoms with E-state index in [0.29, 0.717) is 12.8 Å². The van der Waals surface area contributed by atoms with Crippen LogP contribution in [0.3, 0.4) is 0 Å². The molecule has 102 heavy (non-hydrogen) atoms. The van der Waals surface area contributed by atoms with Crippen LogP contribution in [0.25, 0.3) is 0 Å². The minimum atomic E-state index is -3.25. The van der Waals surface area contributed by atoms with E-state index in [9.17, 15) is 58.8 Å². The molecule has 3 aromatic rings. The van der Waals surface area contributed by atoms with Crippen molar-refractivity contribution in [1.29, 1.82) is 0 Å². The molecule has 3 aromatic carbocycles. The number of carbonyl (C=O) groups is 10. The van der Waals surface area contributed by atoms with Crippen molar-refractivity contribution in [2.24, 2.45) is 0 Å². The van der Waals surface area contributed by atoms with E-state index in [1.807, 2.05) is 0 Å². The summed E-state index contributed by atoms with van der Waals surface area (Å²) in [6, 6.07) is 19.0. The molecule has 0 saturated carbocycles. The summed E-state index contributed by atoms with van der Waals surface area (Å²) in [5.41, 5.74) is -0.297. The molecule has 0 spiro atoms. The van der Waals surface area contributed by atoms with E-state index in [0.717, 1.165) is 87.2 Å². The van der Waals surface area contributed by atoms with Gasteiger partial charge < -0.3 is 96.8 Å². The minimum Gasteiger partial charge on any atom is -0.465 e. The van der Waals surface area contributed by atoms with Gasteiger partial charge in [-0.05, 0) is 56.3 Å². The van der Waals surface area contributed by atoms with Crippen molar-refractivity contribution >= 4 is 59.6 Å². The van der Waals surface area contributed by atoms with Crippen molar-refractivity contribution in [3.05, 3.63) is 108 Å². The maximum Gasteiger partial charge on any atom is 0.366 e. The molecule has 0 aromatic heterocycles. The lowest BCUT2D eigenvalue weighted by Gasteiger charge is -2.53. The van der Waals surface area contributed by atoms with Crippen molar-refractivity contribution in [2.45, 2.75) is 235 Å². The first kappa shape index (κ1) is 81.2. The molecule has 31 heteroatoms. The normalized spacial score (nSPS) is 29.2. The van der Waals surface area contributed by atoms with Gasteiger partial charge in [0.1, 0.15) is 74.3 Å². The zero-order valence-corrected chi connectivity index (χ0v) is 58.5. The number of hydrogen-bond acceptors (Lipinski definition) is 30. The number of nitrogens with one attached hydrogen (secondary N) is 1. The highest BCUT2D eigenvalue weighted by Crippen LogP contribution is 2.43. The molecular formula is C71H94N2O29. The van der Waals surface area contributed by atoms with Crippen molar-refractivity contribution in [1.82, 2.24) is 10.2 Å². The van der Waals surface area contributed by atoms with Gasteiger partial charge in [0.2, 0.25) is 5.91 Å². The quantitative estimate of drug-likeness (QED) is 0.0332. The van der Waals surface area contributed by atoms with E-state index in [4.69, 9.17) is 71.1 Å². The molecular weight excluding hydrogens is 1340 g/mol. The zero-order valence-electron chi connectivity index (χ0n) is 58.5. The first-order valence-corrected chi connectivity index (χ1v) is 34.0. The molecule has 0 unspecified atom stereocenters. The summed E-state index contributed by atoms with van der Waals surface area (Å²) < 4.78 is 93.6. The number of carbonyl (C=O) groups excluding carboxylic acids is 10. The third kappa shape index (κ3) is 22.2. The molecule has 4 saturated heterocycles. The average Bonchev–Trinajstić information content (AvgIpc) is 0.741. The molecule has 7 rings (SSSR count). The van der Waals surface area contributed by atoms with Gasteiger partial charge in [-0.1, -0.05) is 106 Å². The molecule has 0 bridgehead atoms. The predicted octanol–water partition coefficient (Wildman–Crippen LogP) is 3.27. The zero-order chi connectivity index (χ0) is 74.4. The highest BCUT2D eigenvalue weighted by molar-refractivity contribution is 5.91. The molecule has 0 radical (unpaired) electrons. The number of unbranched alkanes of at least 4 members (excludes halogenated alkanes) is 7. The second-order valence-electron chi connectivity index (χ2n) is 25.2. The summed E-state index contributed by atoms with van der Waals surface area (Å²) >= 11 is 0. The van der Waals surface area contributed by atoms with Crippen LogP contribution in [0.1, 0.15) is 144 Å². The van der Waals surface area contributed by atoms with Crippen LogP contribution in [-0.2, 0) is 105 Å². The number of piperidine rings is 1. The predicted molar refractivity (Wildman–Crippen MR) is 349 cm³/mol. The number of rotatable bonds is 33. The molecule has 4 aliphatic rings. The topological polar surface area (TPSA) is 405 Å². The van der Waals surface area contributed by atoms with Crippen molar-refractivity contribution < 1.29 is 139 Å². The van der Waals surface area contributed by atoms with Gasteiger partial charge in [0.05, 0.1) is 55.0 Å². The Morgan fingerprint density at radius 1 is 0.578 bits per heavy atom. The Hall–Kier alpha value is -8.08. The summed E-state index contributed by atoms with van der Waals surface area (Å²) in [5, 5.41) is 48.1. The fourth-order valence-electron chi connectivity index (χ4n) is 12.7. The third-order valence-electron chi connectivity index (χ3n) is 17.5. The second-order valence-corrected chi connectivity index (χ2v) is 25.2. The fourth-order valence-corrected chi connectivity index (χ4v) is 12.7. The summed E-state index contributed by atoms with van der Waals surface area (Å²) in [6.07, 6.45) is -26.7. The first-order valence-electron chi connectivity index (χ1n) is 34.0. The van der Waals surface area contributed by atoms with Crippen LogP contribution in [-0.4, -0.2) is 247 Å². The van der Waals surface area contributed by atoms with Crippen LogP contribution in [0, 0.1) is 0 Å². The number of aliphatic hydroxyl groups excluding tert-OH is 4. The molecule has 562 valence electrons. The number of likely N-dealkylation sites (tertiary alicyclic amines) is 1. The monoisotopic (exact) mass is 1440 g/mol. The number of amides is 1. The van der Waals surface area contributed by atoms with Crippen molar-refractivity contribution in [3.63, 3.8) is 0 Å². The second kappa shape index (κ2) is 39.0. The molecule has 31 nitrogen and oxygen atoms in total. The Morgan fingerprint density at radius 2 is 1.12 bits per heavy atom. The van der Waals surface area contributed by atoms with Gasteiger partial charge in [0.25, 0.3) is 5.79 Å². The van der Waals surface area contributed by atoms with Crippen LogP contribution in [0.15, 0.2) is 91.0 Å². The lowest BCUT2D eigenvalue weighted by molar-refractivity contribution is -0.381. The first-order chi connectivity index (χ1) is 48.7. The molecule has 0 aliphatic carbocycles. The number of nitrogens with zero attached hydrogens (tertiary/aromatic N) is 1. The summed E-state index contributed by atoms with van der Waals surface area (Å²) in [7, 11) is 0.866. The van der Waals surface area contributed by atoms with Gasteiger partial charge in [-0.3, -0.25) is 33.7 Å². The van der Waals surface area contributed by atoms with E-state index < -0.39 is 208 Å². The van der Waals surface area contributed by atoms with Gasteiger partial charge in [-0.2, -0.15) is 0 Å². The number of aliphatic hydroxyl groups is 4. The molecule has 1 amide bonds. The van der Waals surface area contributed by atoms with Crippen LogP contribution < -0.4 is 5.32 Å². The Morgan fingerprint density at radius 3 is 1.65 bits per heavy atom. The fraction of sp³-hybridized carbons (Fsp3) is 0.606. The van der Waals surface area contributed by atoms with Gasteiger partial charge in [0, 0.05) is 48.1 Å². The average molecular weight is 1440 g/mol.